The van der Waals surface area contributed by atoms with Gasteiger partial charge in [0.25, 0.3) is 0 Å². The number of nitrogens with zero attached hydrogens (tertiary/aromatic N) is 5. The summed E-state index contributed by atoms with van der Waals surface area (Å²) < 4.78 is 53.4. The number of pyridine rings is 1. The van der Waals surface area contributed by atoms with Crippen molar-refractivity contribution >= 4 is 43.6 Å². The van der Waals surface area contributed by atoms with Crippen molar-refractivity contribution in [2.24, 2.45) is 0 Å². The first-order chi connectivity index (χ1) is 31.3. The minimum Gasteiger partial charge on any atom is -0.309 e. The summed E-state index contributed by atoms with van der Waals surface area (Å²) in [6, 6.07) is 64.1. The van der Waals surface area contributed by atoms with E-state index in [1.807, 2.05) is 158 Å². The van der Waals surface area contributed by atoms with Crippen LogP contribution in [0, 0.1) is 22.7 Å². The monoisotopic (exact) mass is 831 g/mol. The Morgan fingerprint density at radius 2 is 0.797 bits per heavy atom. The Morgan fingerprint density at radius 1 is 0.375 bits per heavy atom. The lowest BCUT2D eigenvalue weighted by Gasteiger charge is -2.23. The molecule has 0 N–H and O–H groups in total. The lowest BCUT2D eigenvalue weighted by atomic mass is 10.00. The van der Waals surface area contributed by atoms with Crippen molar-refractivity contribution in [3.05, 3.63) is 211 Å². The lowest BCUT2D eigenvalue weighted by molar-refractivity contribution is -0.137. The van der Waals surface area contributed by atoms with Gasteiger partial charge in [0.1, 0.15) is 5.56 Å². The minimum absolute atomic E-state index is 0.0516. The smallest absolute Gasteiger partial charge is 0.309 e. The van der Waals surface area contributed by atoms with E-state index in [4.69, 9.17) is 4.98 Å². The van der Waals surface area contributed by atoms with Gasteiger partial charge in [-0.15, -0.1) is 0 Å². The number of benzene rings is 8. The van der Waals surface area contributed by atoms with Gasteiger partial charge < -0.3 is 9.13 Å². The molecule has 5 nitrogen and oxygen atoms in total. The zero-order chi connectivity index (χ0) is 43.5. The van der Waals surface area contributed by atoms with Crippen molar-refractivity contribution in [2.45, 2.75) is 6.18 Å². The molecule has 0 saturated carbocycles. The summed E-state index contributed by atoms with van der Waals surface area (Å²) in [6.45, 7) is 0. The Bertz CT molecular complexity index is 3520. The highest BCUT2D eigenvalue weighted by Crippen LogP contribution is 2.47. The molecular formula is C56H32F3N5. The average Bonchev–Trinajstić information content (AvgIpc) is 3.85. The summed E-state index contributed by atoms with van der Waals surface area (Å²) in [5.41, 5.74) is 8.33. The highest BCUT2D eigenvalue weighted by Gasteiger charge is 2.39. The number of hydrogen-bond acceptors (Lipinski definition) is 3. The number of alkyl halides is 3. The minimum atomic E-state index is -4.85. The molecule has 0 amide bonds. The third-order valence-electron chi connectivity index (χ3n) is 12.0. The molecular weight excluding hydrogens is 800 g/mol. The molecule has 0 aliphatic rings. The van der Waals surface area contributed by atoms with Crippen LogP contribution in [0.15, 0.2) is 194 Å². The number of nitriles is 2. The molecule has 64 heavy (non-hydrogen) atoms. The Kier molecular flexibility index (Phi) is 8.97. The van der Waals surface area contributed by atoms with Gasteiger partial charge in [0.2, 0.25) is 0 Å². The van der Waals surface area contributed by atoms with Crippen molar-refractivity contribution in [2.75, 3.05) is 0 Å². The number of fused-ring (bicyclic) bond motifs is 6. The number of aromatic nitrogens is 3. The fourth-order valence-corrected chi connectivity index (χ4v) is 9.06. The number of halogens is 3. The maximum Gasteiger partial charge on any atom is 0.420 e. The molecule has 8 aromatic carbocycles. The van der Waals surface area contributed by atoms with Gasteiger partial charge >= 0.3 is 6.18 Å². The van der Waals surface area contributed by atoms with E-state index < -0.39 is 11.7 Å². The lowest BCUT2D eigenvalue weighted by Crippen LogP contribution is -2.16. The third-order valence-corrected chi connectivity index (χ3v) is 12.0. The largest absolute Gasteiger partial charge is 0.420 e. The van der Waals surface area contributed by atoms with Crippen LogP contribution in [0.3, 0.4) is 0 Å². The average molecular weight is 832 g/mol. The maximum atomic E-state index is 16.6. The Morgan fingerprint density at radius 3 is 1.27 bits per heavy atom. The quantitative estimate of drug-likeness (QED) is 0.168. The predicted octanol–water partition coefficient (Wildman–Crippen LogP) is 14.7. The normalized spacial score (nSPS) is 11.6. The summed E-state index contributed by atoms with van der Waals surface area (Å²) in [7, 11) is 0. The molecule has 0 unspecified atom stereocenters. The van der Waals surface area contributed by atoms with Gasteiger partial charge in [-0.2, -0.15) is 23.7 Å². The summed E-state index contributed by atoms with van der Waals surface area (Å²) >= 11 is 0. The van der Waals surface area contributed by atoms with Crippen LogP contribution in [0.5, 0.6) is 0 Å². The topological polar surface area (TPSA) is 70.3 Å². The van der Waals surface area contributed by atoms with Gasteiger partial charge in [-0.25, -0.2) is 4.98 Å². The molecule has 0 atom stereocenters. The van der Waals surface area contributed by atoms with E-state index in [1.165, 1.54) is 0 Å². The second-order valence-corrected chi connectivity index (χ2v) is 15.7. The predicted molar refractivity (Wildman–Crippen MR) is 249 cm³/mol. The molecule has 0 fully saturated rings. The zero-order valence-electron chi connectivity index (χ0n) is 33.8. The molecule has 0 saturated heterocycles. The standard InChI is InChI=1S/C56H32F3N5/c57-56(58,59)55-53(63-49-15-6-4-11-43(49)45-27-25-40(29-51(45)63)37-21-17-35(33-60)18-22-37)31-42(48-14-8-13-47(62-48)39-9-2-1-3-10-39)32-54(55)64-50-16-7-5-12-44(50)46-28-26-41(30-52(46)64)38-23-19-36(34-61)20-24-38/h1-32H. The maximum absolute atomic E-state index is 16.6. The van der Waals surface area contributed by atoms with Crippen LogP contribution < -0.4 is 0 Å². The van der Waals surface area contributed by atoms with Crippen molar-refractivity contribution in [1.82, 2.24) is 14.1 Å². The van der Waals surface area contributed by atoms with E-state index in [2.05, 4.69) is 12.1 Å². The number of rotatable bonds is 6. The molecule has 0 aliphatic heterocycles. The van der Waals surface area contributed by atoms with Gasteiger partial charge in [-0.1, -0.05) is 121 Å². The number of para-hydroxylation sites is 2. The van der Waals surface area contributed by atoms with E-state index in [-0.39, 0.29) is 11.4 Å². The molecule has 8 heteroatoms. The fourth-order valence-electron chi connectivity index (χ4n) is 9.06. The van der Waals surface area contributed by atoms with Gasteiger partial charge in [-0.3, -0.25) is 0 Å². The number of hydrogen-bond donors (Lipinski definition) is 0. The Hall–Kier alpha value is -8.72. The summed E-state index contributed by atoms with van der Waals surface area (Å²) in [5, 5.41) is 22.2. The Balaban J connectivity index is 1.27. The van der Waals surface area contributed by atoms with Crippen LogP contribution >= 0.6 is 0 Å². The van der Waals surface area contributed by atoms with Crippen LogP contribution in [0.2, 0.25) is 0 Å². The zero-order valence-corrected chi connectivity index (χ0v) is 33.8. The molecule has 3 aromatic heterocycles. The summed E-state index contributed by atoms with van der Waals surface area (Å²) in [4.78, 5) is 5.09. The van der Waals surface area contributed by atoms with Gasteiger partial charge in [0.05, 0.1) is 68.1 Å². The highest BCUT2D eigenvalue weighted by atomic mass is 19.4. The Labute approximate surface area is 365 Å². The molecule has 11 aromatic rings. The second-order valence-electron chi connectivity index (χ2n) is 15.7. The van der Waals surface area contributed by atoms with E-state index in [9.17, 15) is 10.5 Å². The highest BCUT2D eigenvalue weighted by molar-refractivity contribution is 6.12. The van der Waals surface area contributed by atoms with Crippen LogP contribution in [-0.4, -0.2) is 14.1 Å². The molecule has 3 heterocycles. The first-order valence-corrected chi connectivity index (χ1v) is 20.6. The van der Waals surface area contributed by atoms with Crippen LogP contribution in [0.1, 0.15) is 16.7 Å². The van der Waals surface area contributed by atoms with Crippen molar-refractivity contribution in [3.8, 4) is 68.3 Å². The molecule has 0 aliphatic carbocycles. The van der Waals surface area contributed by atoms with Gasteiger partial charge in [-0.05, 0) is 95.1 Å². The van der Waals surface area contributed by atoms with E-state index in [1.54, 1.807) is 45.5 Å². The third kappa shape index (κ3) is 6.36. The van der Waals surface area contributed by atoms with Gasteiger partial charge in [0.15, 0.2) is 0 Å². The molecule has 302 valence electrons. The first-order valence-electron chi connectivity index (χ1n) is 20.6. The van der Waals surface area contributed by atoms with Crippen LogP contribution in [0.25, 0.3) is 99.8 Å². The summed E-state index contributed by atoms with van der Waals surface area (Å²) in [5.74, 6) is 0. The van der Waals surface area contributed by atoms with E-state index in [0.717, 1.165) is 49.4 Å². The summed E-state index contributed by atoms with van der Waals surface area (Å²) in [6.07, 6.45) is -4.85. The fraction of sp³-hybridized carbons (Fsp3) is 0.0179. The van der Waals surface area contributed by atoms with E-state index >= 15 is 13.2 Å². The molecule has 0 bridgehead atoms. The molecule has 0 radical (unpaired) electrons. The van der Waals surface area contributed by atoms with Crippen LogP contribution in [-0.2, 0) is 6.18 Å². The van der Waals surface area contributed by atoms with Crippen LogP contribution in [0.4, 0.5) is 13.2 Å². The van der Waals surface area contributed by atoms with E-state index in [0.29, 0.717) is 50.1 Å². The second kappa shape index (κ2) is 15.0. The molecule has 0 spiro atoms. The SMILES string of the molecule is N#Cc1ccc(-c2ccc3c4ccccc4n(-c4cc(-c5cccc(-c6ccccc6)n5)cc(-n5c6ccccc6c6ccc(-c7ccc(C#N)cc7)cc65)c4C(F)(F)F)c3c2)cc1. The van der Waals surface area contributed by atoms with Crippen molar-refractivity contribution < 1.29 is 13.2 Å². The molecule has 11 rings (SSSR count). The first kappa shape index (κ1) is 38.2. The van der Waals surface area contributed by atoms with Crippen molar-refractivity contribution in [1.29, 1.82) is 10.5 Å². The van der Waals surface area contributed by atoms with Gasteiger partial charge in [0, 0.05) is 32.7 Å². The van der Waals surface area contributed by atoms with Crippen molar-refractivity contribution in [3.63, 3.8) is 0 Å².